The Kier molecular flexibility index (Phi) is 4.63. The normalized spacial score (nSPS) is 12.3. The Morgan fingerprint density at radius 1 is 1.50 bits per heavy atom. The van der Waals surface area contributed by atoms with Crippen molar-refractivity contribution in [2.75, 3.05) is 13.6 Å². The highest BCUT2D eigenvalue weighted by Crippen LogP contribution is 2.16. The van der Waals surface area contributed by atoms with E-state index in [2.05, 4.69) is 0 Å². The average Bonchev–Trinajstić information content (AvgIpc) is 2.15. The van der Waals surface area contributed by atoms with Crippen molar-refractivity contribution < 1.29 is 4.79 Å². The molecule has 1 atom stereocenters. The van der Waals surface area contributed by atoms with E-state index < -0.39 is 0 Å². The van der Waals surface area contributed by atoms with Crippen LogP contribution in [0.5, 0.6) is 0 Å². The van der Waals surface area contributed by atoms with Crippen molar-refractivity contribution in [3.05, 3.63) is 34.3 Å². The van der Waals surface area contributed by atoms with Gasteiger partial charge >= 0.3 is 0 Å². The third-order valence-corrected chi connectivity index (χ3v) is 2.66. The van der Waals surface area contributed by atoms with Crippen LogP contribution in [0, 0.1) is 6.92 Å². The second-order valence-corrected chi connectivity index (χ2v) is 5.11. The summed E-state index contributed by atoms with van der Waals surface area (Å²) in [6.45, 7) is 4.26. The molecule has 0 aromatic heterocycles. The van der Waals surface area contributed by atoms with E-state index in [1.807, 2.05) is 13.8 Å². The van der Waals surface area contributed by atoms with Gasteiger partial charge in [0, 0.05) is 29.6 Å². The van der Waals surface area contributed by atoms with Gasteiger partial charge in [0.25, 0.3) is 5.91 Å². The molecule has 16 heavy (non-hydrogen) atoms. The Morgan fingerprint density at radius 3 is 2.62 bits per heavy atom. The average molecular weight is 260 g/mol. The van der Waals surface area contributed by atoms with Gasteiger partial charge in [0.1, 0.15) is 0 Å². The lowest BCUT2D eigenvalue weighted by molar-refractivity contribution is 0.0795. The zero-order chi connectivity index (χ0) is 12.3. The molecule has 0 spiro atoms. The summed E-state index contributed by atoms with van der Waals surface area (Å²) >= 11 is 11.7. The fourth-order valence-corrected chi connectivity index (χ4v) is 1.97. The molecule has 0 fully saturated rings. The summed E-state index contributed by atoms with van der Waals surface area (Å²) in [5.74, 6) is -0.0262. The fourth-order valence-electron chi connectivity index (χ4n) is 1.53. The zero-order valence-corrected chi connectivity index (χ0v) is 11.1. The molecule has 0 bridgehead atoms. The zero-order valence-electron chi connectivity index (χ0n) is 9.63. The molecule has 1 amide bonds. The molecule has 4 heteroatoms. The smallest absolute Gasteiger partial charge is 0.253 e. The van der Waals surface area contributed by atoms with Crippen LogP contribution in [0.25, 0.3) is 0 Å². The molecule has 1 aromatic rings. The predicted molar refractivity (Wildman–Crippen MR) is 68.5 cm³/mol. The largest absolute Gasteiger partial charge is 0.340 e. The molecule has 88 valence electrons. The molecule has 2 nitrogen and oxygen atoms in total. The van der Waals surface area contributed by atoms with E-state index in [9.17, 15) is 4.79 Å². The minimum absolute atomic E-state index is 0.0262. The summed E-state index contributed by atoms with van der Waals surface area (Å²) in [4.78, 5) is 13.7. The molecule has 0 aliphatic heterocycles. The maximum absolute atomic E-state index is 12.0. The molecule has 0 radical (unpaired) electrons. The first-order valence-corrected chi connectivity index (χ1v) is 5.89. The van der Waals surface area contributed by atoms with Crippen molar-refractivity contribution in [1.82, 2.24) is 4.90 Å². The van der Waals surface area contributed by atoms with Crippen LogP contribution in [0.15, 0.2) is 18.2 Å². The first kappa shape index (κ1) is 13.3. The van der Waals surface area contributed by atoms with Crippen molar-refractivity contribution in [3.63, 3.8) is 0 Å². The molecule has 0 aliphatic rings. The number of aryl methyl sites for hydroxylation is 1. The molecular formula is C12H15Cl2NO. The molecule has 1 aromatic carbocycles. The summed E-state index contributed by atoms with van der Waals surface area (Å²) < 4.78 is 0. The summed E-state index contributed by atoms with van der Waals surface area (Å²) in [5, 5.41) is 0.587. The van der Waals surface area contributed by atoms with E-state index in [0.29, 0.717) is 17.1 Å². The second kappa shape index (κ2) is 5.55. The highest BCUT2D eigenvalue weighted by molar-refractivity contribution is 6.30. The summed E-state index contributed by atoms with van der Waals surface area (Å²) in [7, 11) is 1.75. The number of alkyl halides is 1. The SMILES string of the molecule is Cc1cc(Cl)ccc1C(=O)N(C)CC(C)Cl. The van der Waals surface area contributed by atoms with Gasteiger partial charge in [-0.3, -0.25) is 4.79 Å². The van der Waals surface area contributed by atoms with Gasteiger partial charge in [0.05, 0.1) is 0 Å². The Bertz CT molecular complexity index is 391. The van der Waals surface area contributed by atoms with Crippen LogP contribution in [-0.2, 0) is 0 Å². The Balaban J connectivity index is 2.88. The monoisotopic (exact) mass is 259 g/mol. The highest BCUT2D eigenvalue weighted by atomic mass is 35.5. The molecule has 0 saturated heterocycles. The van der Waals surface area contributed by atoms with Gasteiger partial charge in [0.15, 0.2) is 0 Å². The van der Waals surface area contributed by atoms with Crippen molar-refractivity contribution in [2.24, 2.45) is 0 Å². The standard InChI is InChI=1S/C12H15Cl2NO/c1-8-6-10(14)4-5-11(8)12(16)15(3)7-9(2)13/h4-6,9H,7H2,1-3H3. The van der Waals surface area contributed by atoms with E-state index in [1.54, 1.807) is 30.1 Å². The lowest BCUT2D eigenvalue weighted by Crippen LogP contribution is -2.31. The molecule has 1 unspecified atom stereocenters. The molecule has 1 rings (SSSR count). The topological polar surface area (TPSA) is 20.3 Å². The van der Waals surface area contributed by atoms with Gasteiger partial charge in [-0.25, -0.2) is 0 Å². The van der Waals surface area contributed by atoms with E-state index in [0.717, 1.165) is 5.56 Å². The van der Waals surface area contributed by atoms with Crippen LogP contribution >= 0.6 is 23.2 Å². The van der Waals surface area contributed by atoms with Crippen molar-refractivity contribution in [3.8, 4) is 0 Å². The molecule has 0 N–H and O–H groups in total. The van der Waals surface area contributed by atoms with Gasteiger partial charge in [-0.05, 0) is 37.6 Å². The lowest BCUT2D eigenvalue weighted by Gasteiger charge is -2.19. The van der Waals surface area contributed by atoms with Crippen LogP contribution in [0.4, 0.5) is 0 Å². The summed E-state index contributed by atoms with van der Waals surface area (Å²) in [5.41, 5.74) is 1.55. The maximum Gasteiger partial charge on any atom is 0.253 e. The van der Waals surface area contributed by atoms with E-state index >= 15 is 0 Å². The minimum atomic E-state index is -0.0541. The number of hydrogen-bond donors (Lipinski definition) is 0. The summed E-state index contributed by atoms with van der Waals surface area (Å²) in [6.07, 6.45) is 0. The number of hydrogen-bond acceptors (Lipinski definition) is 1. The summed E-state index contributed by atoms with van der Waals surface area (Å²) in [6, 6.07) is 5.25. The quantitative estimate of drug-likeness (QED) is 0.763. The number of carbonyl (C=O) groups excluding carboxylic acids is 1. The number of benzene rings is 1. The second-order valence-electron chi connectivity index (χ2n) is 3.93. The lowest BCUT2D eigenvalue weighted by atomic mass is 10.1. The third-order valence-electron chi connectivity index (χ3n) is 2.29. The van der Waals surface area contributed by atoms with Gasteiger partial charge in [-0.15, -0.1) is 11.6 Å². The highest BCUT2D eigenvalue weighted by Gasteiger charge is 2.15. The Hall–Kier alpha value is -0.730. The van der Waals surface area contributed by atoms with Crippen LogP contribution in [0.3, 0.4) is 0 Å². The molecule has 0 heterocycles. The van der Waals surface area contributed by atoms with Crippen molar-refractivity contribution in [1.29, 1.82) is 0 Å². The van der Waals surface area contributed by atoms with Crippen LogP contribution in [0.2, 0.25) is 5.02 Å². The van der Waals surface area contributed by atoms with Crippen LogP contribution < -0.4 is 0 Å². The van der Waals surface area contributed by atoms with E-state index in [4.69, 9.17) is 23.2 Å². The number of carbonyl (C=O) groups is 1. The number of nitrogens with zero attached hydrogens (tertiary/aromatic N) is 1. The van der Waals surface area contributed by atoms with Crippen molar-refractivity contribution >= 4 is 29.1 Å². The molecule has 0 saturated carbocycles. The van der Waals surface area contributed by atoms with E-state index in [1.165, 1.54) is 0 Å². The fraction of sp³-hybridized carbons (Fsp3) is 0.417. The number of amides is 1. The first-order valence-electron chi connectivity index (χ1n) is 5.07. The molecule has 0 aliphatic carbocycles. The Labute approximate surface area is 106 Å². The Morgan fingerprint density at radius 2 is 2.12 bits per heavy atom. The number of halogens is 2. The van der Waals surface area contributed by atoms with E-state index in [-0.39, 0.29) is 11.3 Å². The van der Waals surface area contributed by atoms with Gasteiger partial charge in [0.2, 0.25) is 0 Å². The third kappa shape index (κ3) is 3.39. The van der Waals surface area contributed by atoms with Gasteiger partial charge < -0.3 is 4.90 Å². The minimum Gasteiger partial charge on any atom is -0.340 e. The predicted octanol–water partition coefficient (Wildman–Crippen LogP) is 3.35. The van der Waals surface area contributed by atoms with Gasteiger partial charge in [-0.2, -0.15) is 0 Å². The maximum atomic E-state index is 12.0. The number of rotatable bonds is 3. The van der Waals surface area contributed by atoms with Gasteiger partial charge in [-0.1, -0.05) is 11.6 Å². The molecular weight excluding hydrogens is 245 g/mol. The first-order chi connectivity index (χ1) is 7.41. The van der Waals surface area contributed by atoms with Crippen LogP contribution in [-0.4, -0.2) is 29.8 Å². The van der Waals surface area contributed by atoms with Crippen molar-refractivity contribution in [2.45, 2.75) is 19.2 Å². The van der Waals surface area contributed by atoms with Crippen LogP contribution in [0.1, 0.15) is 22.8 Å².